The standard InChI is InChI=1S/C14H21N3O3S/c1-2-9-16(11-5-3-10(15)4-6-11)14(18)12-7-8-13(21-12)17(19)20/h7-8,10-11H,2-6,9,15H2,1H3. The van der Waals surface area contributed by atoms with Crippen LogP contribution in [-0.4, -0.2) is 34.4 Å². The average Bonchev–Trinajstić information content (AvgIpc) is 2.95. The molecule has 0 atom stereocenters. The van der Waals surface area contributed by atoms with Crippen molar-refractivity contribution in [3.8, 4) is 0 Å². The molecule has 1 amide bonds. The first-order valence-electron chi connectivity index (χ1n) is 7.33. The molecular formula is C14H21N3O3S. The number of amides is 1. The van der Waals surface area contributed by atoms with Crippen LogP contribution < -0.4 is 5.73 Å². The molecule has 1 aromatic rings. The zero-order chi connectivity index (χ0) is 15.4. The molecule has 6 nitrogen and oxygen atoms in total. The molecule has 7 heteroatoms. The first-order chi connectivity index (χ1) is 10.0. The monoisotopic (exact) mass is 311 g/mol. The Morgan fingerprint density at radius 1 is 1.43 bits per heavy atom. The summed E-state index contributed by atoms with van der Waals surface area (Å²) < 4.78 is 0. The smallest absolute Gasteiger partial charge is 0.324 e. The molecule has 0 radical (unpaired) electrons. The van der Waals surface area contributed by atoms with Crippen LogP contribution in [-0.2, 0) is 0 Å². The van der Waals surface area contributed by atoms with Gasteiger partial charge >= 0.3 is 5.00 Å². The predicted molar refractivity (Wildman–Crippen MR) is 82.5 cm³/mol. The summed E-state index contributed by atoms with van der Waals surface area (Å²) in [5.41, 5.74) is 5.92. The van der Waals surface area contributed by atoms with Crippen LogP contribution in [0.15, 0.2) is 12.1 Å². The fraction of sp³-hybridized carbons (Fsp3) is 0.643. The summed E-state index contributed by atoms with van der Waals surface area (Å²) in [4.78, 5) is 25.3. The number of nitrogens with two attached hydrogens (primary N) is 1. The Labute approximate surface area is 128 Å². The Morgan fingerprint density at radius 3 is 2.62 bits per heavy atom. The van der Waals surface area contributed by atoms with E-state index >= 15 is 0 Å². The van der Waals surface area contributed by atoms with Gasteiger partial charge in [-0.3, -0.25) is 14.9 Å². The van der Waals surface area contributed by atoms with Gasteiger partial charge in [-0.1, -0.05) is 18.3 Å². The minimum Gasteiger partial charge on any atom is -0.335 e. The lowest BCUT2D eigenvalue weighted by Crippen LogP contribution is -2.44. The van der Waals surface area contributed by atoms with Gasteiger partial charge in [0, 0.05) is 24.7 Å². The Balaban J connectivity index is 2.12. The van der Waals surface area contributed by atoms with Gasteiger partial charge in [0.2, 0.25) is 0 Å². The zero-order valence-corrected chi connectivity index (χ0v) is 13.0. The summed E-state index contributed by atoms with van der Waals surface area (Å²) in [7, 11) is 0. The quantitative estimate of drug-likeness (QED) is 0.669. The Hall–Kier alpha value is -1.47. The second-order valence-corrected chi connectivity index (χ2v) is 6.52. The molecule has 0 aliphatic heterocycles. The Bertz CT molecular complexity index is 509. The summed E-state index contributed by atoms with van der Waals surface area (Å²) in [6, 6.07) is 3.40. The molecule has 1 aromatic heterocycles. The van der Waals surface area contributed by atoms with Crippen molar-refractivity contribution in [3.05, 3.63) is 27.1 Å². The molecule has 0 spiro atoms. The molecule has 2 N–H and O–H groups in total. The van der Waals surface area contributed by atoms with E-state index in [4.69, 9.17) is 5.73 Å². The summed E-state index contributed by atoms with van der Waals surface area (Å²) in [6.45, 7) is 2.72. The first-order valence-corrected chi connectivity index (χ1v) is 8.15. The van der Waals surface area contributed by atoms with Crippen LogP contribution in [0.1, 0.15) is 48.7 Å². The minimum absolute atomic E-state index is 0.0143. The number of hydrogen-bond acceptors (Lipinski definition) is 5. The van der Waals surface area contributed by atoms with Gasteiger partial charge in [0.05, 0.1) is 9.80 Å². The van der Waals surface area contributed by atoms with Crippen molar-refractivity contribution in [2.45, 2.75) is 51.1 Å². The maximum absolute atomic E-state index is 12.6. The van der Waals surface area contributed by atoms with E-state index in [1.54, 1.807) is 6.07 Å². The molecule has 0 bridgehead atoms. The van der Waals surface area contributed by atoms with Gasteiger partial charge in [-0.05, 0) is 38.2 Å². The van der Waals surface area contributed by atoms with Crippen LogP contribution in [0.2, 0.25) is 0 Å². The van der Waals surface area contributed by atoms with E-state index in [0.29, 0.717) is 11.4 Å². The first kappa shape index (κ1) is 15.9. The highest BCUT2D eigenvalue weighted by Gasteiger charge is 2.29. The van der Waals surface area contributed by atoms with E-state index in [2.05, 4.69) is 0 Å². The number of carbonyl (C=O) groups is 1. The third-order valence-corrected chi connectivity index (χ3v) is 4.91. The second kappa shape index (κ2) is 7.00. The highest BCUT2D eigenvalue weighted by atomic mass is 32.1. The lowest BCUT2D eigenvalue weighted by atomic mass is 9.90. The van der Waals surface area contributed by atoms with Crippen molar-refractivity contribution in [3.63, 3.8) is 0 Å². The van der Waals surface area contributed by atoms with Gasteiger partial charge in [0.15, 0.2) is 0 Å². The maximum atomic E-state index is 12.6. The Morgan fingerprint density at radius 2 is 2.10 bits per heavy atom. The fourth-order valence-electron chi connectivity index (χ4n) is 2.79. The molecule has 0 saturated heterocycles. The number of hydrogen-bond donors (Lipinski definition) is 1. The van der Waals surface area contributed by atoms with Crippen molar-refractivity contribution >= 4 is 22.2 Å². The zero-order valence-electron chi connectivity index (χ0n) is 12.2. The molecule has 2 rings (SSSR count). The van der Waals surface area contributed by atoms with E-state index in [1.807, 2.05) is 11.8 Å². The van der Waals surface area contributed by atoms with E-state index in [9.17, 15) is 14.9 Å². The van der Waals surface area contributed by atoms with Gasteiger partial charge in [0.1, 0.15) is 0 Å². The minimum atomic E-state index is -0.453. The third-order valence-electron chi connectivity index (χ3n) is 3.89. The lowest BCUT2D eigenvalue weighted by Gasteiger charge is -2.35. The molecule has 1 aliphatic rings. The largest absolute Gasteiger partial charge is 0.335 e. The summed E-state index contributed by atoms with van der Waals surface area (Å²) in [5, 5.41) is 10.8. The van der Waals surface area contributed by atoms with Crippen molar-refractivity contribution in [1.29, 1.82) is 0 Å². The molecule has 116 valence electrons. The van der Waals surface area contributed by atoms with E-state index in [1.165, 1.54) is 6.07 Å². The topological polar surface area (TPSA) is 89.5 Å². The number of nitro groups is 1. The normalized spacial score (nSPS) is 22.0. The Kier molecular flexibility index (Phi) is 5.30. The van der Waals surface area contributed by atoms with Crippen molar-refractivity contribution < 1.29 is 9.72 Å². The lowest BCUT2D eigenvalue weighted by molar-refractivity contribution is -0.380. The van der Waals surface area contributed by atoms with Crippen molar-refractivity contribution in [2.24, 2.45) is 5.73 Å². The fourth-order valence-corrected chi connectivity index (χ4v) is 3.56. The highest BCUT2D eigenvalue weighted by Crippen LogP contribution is 2.28. The van der Waals surface area contributed by atoms with Crippen molar-refractivity contribution in [2.75, 3.05) is 6.54 Å². The van der Waals surface area contributed by atoms with Crippen LogP contribution in [0.5, 0.6) is 0 Å². The number of nitrogens with zero attached hydrogens (tertiary/aromatic N) is 2. The molecule has 1 aliphatic carbocycles. The van der Waals surface area contributed by atoms with Crippen molar-refractivity contribution in [1.82, 2.24) is 4.90 Å². The number of thiophene rings is 1. The van der Waals surface area contributed by atoms with E-state index < -0.39 is 4.92 Å². The molecule has 21 heavy (non-hydrogen) atoms. The van der Waals surface area contributed by atoms with E-state index in [-0.39, 0.29) is 23.0 Å². The highest BCUT2D eigenvalue weighted by molar-refractivity contribution is 7.17. The van der Waals surface area contributed by atoms with Crippen LogP contribution in [0.4, 0.5) is 5.00 Å². The van der Waals surface area contributed by atoms with Crippen LogP contribution in [0.3, 0.4) is 0 Å². The maximum Gasteiger partial charge on any atom is 0.324 e. The molecule has 1 fully saturated rings. The van der Waals surface area contributed by atoms with Crippen LogP contribution in [0, 0.1) is 10.1 Å². The molecule has 1 heterocycles. The second-order valence-electron chi connectivity index (χ2n) is 5.46. The van der Waals surface area contributed by atoms with Crippen LogP contribution >= 0.6 is 11.3 Å². The summed E-state index contributed by atoms with van der Waals surface area (Å²) in [5.74, 6) is -0.0876. The van der Waals surface area contributed by atoms with Gasteiger partial charge in [0.25, 0.3) is 5.91 Å². The van der Waals surface area contributed by atoms with E-state index in [0.717, 1.165) is 43.4 Å². The summed E-state index contributed by atoms with van der Waals surface area (Å²) >= 11 is 0.953. The molecule has 0 aromatic carbocycles. The summed E-state index contributed by atoms with van der Waals surface area (Å²) in [6.07, 6.45) is 4.58. The molecular weight excluding hydrogens is 290 g/mol. The predicted octanol–water partition coefficient (Wildman–Crippen LogP) is 2.78. The van der Waals surface area contributed by atoms with Gasteiger partial charge in [-0.2, -0.15) is 0 Å². The number of carbonyl (C=O) groups excluding carboxylic acids is 1. The number of rotatable bonds is 5. The SMILES string of the molecule is CCCN(C(=O)c1ccc([N+](=O)[O-])s1)C1CCC(N)CC1. The van der Waals surface area contributed by atoms with Gasteiger partial charge in [-0.25, -0.2) is 0 Å². The average molecular weight is 311 g/mol. The van der Waals surface area contributed by atoms with Crippen LogP contribution in [0.25, 0.3) is 0 Å². The molecule has 0 unspecified atom stereocenters. The van der Waals surface area contributed by atoms with Gasteiger partial charge < -0.3 is 10.6 Å². The molecule has 1 saturated carbocycles. The van der Waals surface area contributed by atoms with Gasteiger partial charge in [-0.15, -0.1) is 0 Å². The third kappa shape index (κ3) is 3.79.